The van der Waals surface area contributed by atoms with E-state index in [2.05, 4.69) is 5.16 Å². The summed E-state index contributed by atoms with van der Waals surface area (Å²) in [6.45, 7) is 1.98. The Morgan fingerprint density at radius 1 is 1.55 bits per heavy atom. The normalized spacial score (nSPS) is 15.5. The van der Waals surface area contributed by atoms with Gasteiger partial charge in [-0.25, -0.2) is 0 Å². The average Bonchev–Trinajstić information content (AvgIpc) is 2.54. The number of aromatic nitrogens is 1. The molecule has 0 saturated heterocycles. The molecule has 1 aliphatic carbocycles. The van der Waals surface area contributed by atoms with Gasteiger partial charge in [0, 0.05) is 12.8 Å². The van der Waals surface area contributed by atoms with Crippen LogP contribution in [0, 0.1) is 0 Å². The molecule has 0 aromatic carbocycles. The summed E-state index contributed by atoms with van der Waals surface area (Å²) in [5.41, 5.74) is 1.58. The van der Waals surface area contributed by atoms with E-state index >= 15 is 0 Å². The maximum atomic E-state index is 11.2. The van der Waals surface area contributed by atoms with Gasteiger partial charge in [-0.3, -0.25) is 4.79 Å². The molecular formula is C8H9NO2. The first kappa shape index (κ1) is 6.58. The van der Waals surface area contributed by atoms with Crippen LogP contribution in [0.2, 0.25) is 0 Å². The van der Waals surface area contributed by atoms with Crippen molar-refractivity contribution in [2.24, 2.45) is 0 Å². The zero-order chi connectivity index (χ0) is 7.84. The van der Waals surface area contributed by atoms with E-state index < -0.39 is 0 Å². The molecule has 0 spiro atoms. The van der Waals surface area contributed by atoms with E-state index in [0.717, 1.165) is 29.9 Å². The minimum absolute atomic E-state index is 0.193. The number of carbonyl (C=O) groups is 1. The highest BCUT2D eigenvalue weighted by molar-refractivity contribution is 6.00. The smallest absolute Gasteiger partial charge is 0.168 e. The largest absolute Gasteiger partial charge is 0.360 e. The molecule has 0 amide bonds. The molecular weight excluding hydrogens is 142 g/mol. The number of Topliss-reactive ketones (excluding diaryl/α,β-unsaturated/α-hetero) is 1. The van der Waals surface area contributed by atoms with Gasteiger partial charge in [-0.2, -0.15) is 0 Å². The van der Waals surface area contributed by atoms with E-state index in [-0.39, 0.29) is 5.78 Å². The van der Waals surface area contributed by atoms with Crippen molar-refractivity contribution >= 4 is 5.78 Å². The van der Waals surface area contributed by atoms with Crippen molar-refractivity contribution < 1.29 is 9.32 Å². The highest BCUT2D eigenvalue weighted by atomic mass is 16.5. The third-order valence-electron chi connectivity index (χ3n) is 2.03. The molecule has 2 rings (SSSR count). The average molecular weight is 151 g/mol. The lowest BCUT2D eigenvalue weighted by molar-refractivity contribution is 0.0993. The molecule has 0 N–H and O–H groups in total. The van der Waals surface area contributed by atoms with E-state index in [0.29, 0.717) is 6.42 Å². The van der Waals surface area contributed by atoms with Crippen LogP contribution in [-0.4, -0.2) is 10.9 Å². The molecule has 0 aliphatic heterocycles. The maximum absolute atomic E-state index is 11.2. The van der Waals surface area contributed by atoms with Gasteiger partial charge in [0.2, 0.25) is 0 Å². The minimum Gasteiger partial charge on any atom is -0.360 e. The van der Waals surface area contributed by atoms with Crippen molar-refractivity contribution in [3.63, 3.8) is 0 Å². The second kappa shape index (κ2) is 2.19. The van der Waals surface area contributed by atoms with Crippen molar-refractivity contribution in [2.45, 2.75) is 26.2 Å². The molecule has 1 aromatic heterocycles. The summed E-state index contributed by atoms with van der Waals surface area (Å²) in [6.07, 6.45) is 2.12. The van der Waals surface area contributed by atoms with Crippen molar-refractivity contribution in [1.82, 2.24) is 5.16 Å². The second-order valence-corrected chi connectivity index (χ2v) is 2.70. The molecule has 1 aromatic rings. The molecule has 0 bridgehead atoms. The third-order valence-corrected chi connectivity index (χ3v) is 2.03. The molecule has 1 heterocycles. The van der Waals surface area contributed by atoms with Crippen molar-refractivity contribution in [3.05, 3.63) is 17.0 Å². The number of fused-ring (bicyclic) bond motifs is 1. The van der Waals surface area contributed by atoms with Crippen LogP contribution < -0.4 is 0 Å². The number of hydrogen-bond acceptors (Lipinski definition) is 3. The fourth-order valence-electron chi connectivity index (χ4n) is 1.44. The van der Waals surface area contributed by atoms with Gasteiger partial charge in [0.25, 0.3) is 0 Å². The molecule has 0 fully saturated rings. The van der Waals surface area contributed by atoms with E-state index in [1.165, 1.54) is 0 Å². The fourth-order valence-corrected chi connectivity index (χ4v) is 1.44. The SMILES string of the molecule is CCc1noc2c1C(=O)CC2. The van der Waals surface area contributed by atoms with Gasteiger partial charge < -0.3 is 4.52 Å². The van der Waals surface area contributed by atoms with Gasteiger partial charge in [0.1, 0.15) is 5.76 Å². The van der Waals surface area contributed by atoms with Crippen molar-refractivity contribution in [1.29, 1.82) is 0 Å². The molecule has 11 heavy (non-hydrogen) atoms. The molecule has 0 atom stereocenters. The summed E-state index contributed by atoms with van der Waals surface area (Å²) in [5.74, 6) is 0.977. The highest BCUT2D eigenvalue weighted by Crippen LogP contribution is 2.24. The van der Waals surface area contributed by atoms with Crippen molar-refractivity contribution in [2.75, 3.05) is 0 Å². The number of carbonyl (C=O) groups excluding carboxylic acids is 1. The maximum Gasteiger partial charge on any atom is 0.168 e. The summed E-state index contributed by atoms with van der Waals surface area (Å²) in [4.78, 5) is 11.2. The summed E-state index contributed by atoms with van der Waals surface area (Å²) in [7, 11) is 0. The lowest BCUT2D eigenvalue weighted by Gasteiger charge is -1.88. The van der Waals surface area contributed by atoms with Gasteiger partial charge in [-0.15, -0.1) is 0 Å². The number of rotatable bonds is 1. The highest BCUT2D eigenvalue weighted by Gasteiger charge is 2.27. The molecule has 1 aliphatic rings. The van der Waals surface area contributed by atoms with Crippen LogP contribution in [0.5, 0.6) is 0 Å². The predicted molar refractivity (Wildman–Crippen MR) is 38.5 cm³/mol. The summed E-state index contributed by atoms with van der Waals surface area (Å²) >= 11 is 0. The van der Waals surface area contributed by atoms with Gasteiger partial charge in [0.05, 0.1) is 11.3 Å². The topological polar surface area (TPSA) is 43.1 Å². The number of hydrogen-bond donors (Lipinski definition) is 0. The Morgan fingerprint density at radius 2 is 2.36 bits per heavy atom. The first-order valence-electron chi connectivity index (χ1n) is 3.83. The van der Waals surface area contributed by atoms with Crippen LogP contribution in [0.4, 0.5) is 0 Å². The van der Waals surface area contributed by atoms with Crippen LogP contribution in [0.15, 0.2) is 4.52 Å². The molecule has 0 saturated carbocycles. The molecule has 58 valence electrons. The molecule has 3 nitrogen and oxygen atoms in total. The monoisotopic (exact) mass is 151 g/mol. The van der Waals surface area contributed by atoms with Crippen molar-refractivity contribution in [3.8, 4) is 0 Å². The summed E-state index contributed by atoms with van der Waals surface area (Å²) in [5, 5.41) is 3.81. The first-order valence-corrected chi connectivity index (χ1v) is 3.83. The molecule has 3 heteroatoms. The lowest BCUT2D eigenvalue weighted by atomic mass is 10.1. The quantitative estimate of drug-likeness (QED) is 0.608. The third kappa shape index (κ3) is 0.803. The Hall–Kier alpha value is -1.12. The number of aryl methyl sites for hydroxylation is 2. The van der Waals surface area contributed by atoms with E-state index in [4.69, 9.17) is 4.52 Å². The predicted octanol–water partition coefficient (Wildman–Crippen LogP) is 1.37. The summed E-state index contributed by atoms with van der Waals surface area (Å²) in [6, 6.07) is 0. The Balaban J connectivity index is 2.54. The van der Waals surface area contributed by atoms with Gasteiger partial charge in [-0.05, 0) is 6.42 Å². The first-order chi connectivity index (χ1) is 5.33. The van der Waals surface area contributed by atoms with Gasteiger partial charge in [-0.1, -0.05) is 12.1 Å². The van der Waals surface area contributed by atoms with Gasteiger partial charge in [0.15, 0.2) is 5.78 Å². The van der Waals surface area contributed by atoms with E-state index in [1.807, 2.05) is 6.92 Å². The Kier molecular flexibility index (Phi) is 1.31. The van der Waals surface area contributed by atoms with Crippen LogP contribution in [0.3, 0.4) is 0 Å². The fraction of sp³-hybridized carbons (Fsp3) is 0.500. The lowest BCUT2D eigenvalue weighted by Crippen LogP contribution is -1.95. The van der Waals surface area contributed by atoms with Crippen LogP contribution >= 0.6 is 0 Å². The Labute approximate surface area is 64.4 Å². The molecule has 0 radical (unpaired) electrons. The Bertz CT molecular complexity index is 301. The second-order valence-electron chi connectivity index (χ2n) is 2.70. The zero-order valence-corrected chi connectivity index (χ0v) is 6.39. The zero-order valence-electron chi connectivity index (χ0n) is 6.39. The number of nitrogens with zero attached hydrogens (tertiary/aromatic N) is 1. The van der Waals surface area contributed by atoms with Crippen LogP contribution in [0.25, 0.3) is 0 Å². The van der Waals surface area contributed by atoms with Crippen LogP contribution in [-0.2, 0) is 12.8 Å². The minimum atomic E-state index is 0.193. The number of ketones is 1. The van der Waals surface area contributed by atoms with Gasteiger partial charge >= 0.3 is 0 Å². The van der Waals surface area contributed by atoms with E-state index in [1.54, 1.807) is 0 Å². The van der Waals surface area contributed by atoms with Crippen LogP contribution in [0.1, 0.15) is 35.2 Å². The standard InChI is InChI=1S/C8H9NO2/c1-2-5-8-6(10)3-4-7(8)11-9-5/h2-4H2,1H3. The van der Waals surface area contributed by atoms with E-state index in [9.17, 15) is 4.79 Å². The Morgan fingerprint density at radius 3 is 3.09 bits per heavy atom. The summed E-state index contributed by atoms with van der Waals surface area (Å²) < 4.78 is 5.00. The molecule has 0 unspecified atom stereocenters.